The van der Waals surface area contributed by atoms with Crippen LogP contribution >= 0.6 is 35.0 Å². The lowest BCUT2D eigenvalue weighted by Gasteiger charge is -2.15. The first-order valence-electron chi connectivity index (χ1n) is 8.34. The van der Waals surface area contributed by atoms with Crippen molar-refractivity contribution in [3.05, 3.63) is 62.9 Å². The fourth-order valence-corrected chi connectivity index (χ4v) is 4.45. The fourth-order valence-electron chi connectivity index (χ4n) is 3.02. The third-order valence-corrected chi connectivity index (χ3v) is 5.83. The fraction of sp³-hybridized carbons (Fsp3) is 0.263. The Balaban J connectivity index is 1.85. The van der Waals surface area contributed by atoms with Gasteiger partial charge in [-0.3, -0.25) is 9.36 Å². The highest BCUT2D eigenvalue weighted by Gasteiger charge is 2.19. The van der Waals surface area contributed by atoms with Crippen LogP contribution in [0.3, 0.4) is 0 Å². The van der Waals surface area contributed by atoms with Gasteiger partial charge in [0.2, 0.25) is 0 Å². The third kappa shape index (κ3) is 3.62. The van der Waals surface area contributed by atoms with Gasteiger partial charge < -0.3 is 4.74 Å². The van der Waals surface area contributed by atoms with E-state index in [-0.39, 0.29) is 11.7 Å². The van der Waals surface area contributed by atoms with E-state index >= 15 is 0 Å². The monoisotopic (exact) mass is 406 g/mol. The number of hydrogen-bond donors (Lipinski definition) is 0. The predicted octanol–water partition coefficient (Wildman–Crippen LogP) is 4.96. The molecule has 1 aliphatic rings. The summed E-state index contributed by atoms with van der Waals surface area (Å²) < 4.78 is 7.31. The van der Waals surface area contributed by atoms with E-state index in [1.807, 2.05) is 12.1 Å². The van der Waals surface area contributed by atoms with E-state index in [0.717, 1.165) is 25.2 Å². The molecule has 0 N–H and O–H groups in total. The van der Waals surface area contributed by atoms with Gasteiger partial charge >= 0.3 is 0 Å². The van der Waals surface area contributed by atoms with Crippen molar-refractivity contribution < 1.29 is 4.74 Å². The molecular formula is C19H16Cl2N2O2S. The highest BCUT2D eigenvalue weighted by Crippen LogP contribution is 2.27. The Hall–Kier alpha value is -1.53. The van der Waals surface area contributed by atoms with Crippen LogP contribution in [-0.2, 0) is 4.74 Å². The summed E-state index contributed by atoms with van der Waals surface area (Å²) in [6, 6.07) is 12.4. The second-order valence-corrected chi connectivity index (χ2v) is 7.98. The van der Waals surface area contributed by atoms with Gasteiger partial charge in [-0.25, -0.2) is 4.98 Å². The van der Waals surface area contributed by atoms with Gasteiger partial charge in [0.05, 0.1) is 22.7 Å². The molecule has 0 radical (unpaired) electrons. The van der Waals surface area contributed by atoms with Gasteiger partial charge in [-0.2, -0.15) is 0 Å². The van der Waals surface area contributed by atoms with Crippen LogP contribution in [0.1, 0.15) is 12.8 Å². The van der Waals surface area contributed by atoms with Crippen molar-refractivity contribution >= 4 is 45.9 Å². The second-order valence-electron chi connectivity index (χ2n) is 6.12. The van der Waals surface area contributed by atoms with Crippen LogP contribution in [0.5, 0.6) is 0 Å². The lowest BCUT2D eigenvalue weighted by Crippen LogP contribution is -2.22. The van der Waals surface area contributed by atoms with Gasteiger partial charge in [0.1, 0.15) is 0 Å². The molecule has 0 bridgehead atoms. The Morgan fingerprint density at radius 2 is 2.04 bits per heavy atom. The van der Waals surface area contributed by atoms with Crippen LogP contribution in [-0.4, -0.2) is 28.0 Å². The molecule has 1 saturated heterocycles. The van der Waals surface area contributed by atoms with E-state index in [1.165, 1.54) is 11.8 Å². The molecule has 0 saturated carbocycles. The number of thioether (sulfide) groups is 1. The highest BCUT2D eigenvalue weighted by molar-refractivity contribution is 7.99. The maximum Gasteiger partial charge on any atom is 0.266 e. The Morgan fingerprint density at radius 1 is 1.19 bits per heavy atom. The van der Waals surface area contributed by atoms with E-state index in [2.05, 4.69) is 0 Å². The van der Waals surface area contributed by atoms with Crippen molar-refractivity contribution in [2.75, 3.05) is 12.4 Å². The van der Waals surface area contributed by atoms with Crippen LogP contribution < -0.4 is 5.56 Å². The third-order valence-electron chi connectivity index (χ3n) is 4.29. The summed E-state index contributed by atoms with van der Waals surface area (Å²) >= 11 is 13.7. The molecule has 26 heavy (non-hydrogen) atoms. The number of ether oxygens (including phenoxy) is 1. The summed E-state index contributed by atoms with van der Waals surface area (Å²) in [5.74, 6) is 0.749. The van der Waals surface area contributed by atoms with Gasteiger partial charge in [0, 0.05) is 22.4 Å². The van der Waals surface area contributed by atoms with Crippen molar-refractivity contribution in [3.8, 4) is 5.69 Å². The molecule has 1 aliphatic heterocycles. The second kappa shape index (κ2) is 7.61. The van der Waals surface area contributed by atoms with Gasteiger partial charge in [0.15, 0.2) is 5.16 Å². The molecule has 3 aromatic rings. The summed E-state index contributed by atoms with van der Waals surface area (Å²) in [6.45, 7) is 0.799. The minimum Gasteiger partial charge on any atom is -0.377 e. The van der Waals surface area contributed by atoms with Crippen molar-refractivity contribution in [1.29, 1.82) is 0 Å². The molecule has 2 aromatic carbocycles. The van der Waals surface area contributed by atoms with Gasteiger partial charge in [-0.15, -0.1) is 0 Å². The summed E-state index contributed by atoms with van der Waals surface area (Å²) in [6.07, 6.45) is 2.31. The highest BCUT2D eigenvalue weighted by atomic mass is 35.5. The van der Waals surface area contributed by atoms with Gasteiger partial charge in [-0.05, 0) is 49.2 Å². The van der Waals surface area contributed by atoms with E-state index in [0.29, 0.717) is 31.8 Å². The van der Waals surface area contributed by atoms with E-state index in [9.17, 15) is 4.79 Å². The van der Waals surface area contributed by atoms with Crippen molar-refractivity contribution in [2.45, 2.75) is 24.1 Å². The Labute approximate surface area is 165 Å². The molecule has 7 heteroatoms. The molecule has 0 amide bonds. The number of halogens is 2. The molecule has 0 unspecified atom stereocenters. The van der Waals surface area contributed by atoms with Crippen LogP contribution in [0, 0.1) is 0 Å². The first kappa shape index (κ1) is 17.9. The maximum absolute atomic E-state index is 13.2. The first-order valence-corrected chi connectivity index (χ1v) is 10.1. The zero-order valence-electron chi connectivity index (χ0n) is 13.8. The number of fused-ring (bicyclic) bond motifs is 1. The van der Waals surface area contributed by atoms with E-state index < -0.39 is 0 Å². The minimum absolute atomic E-state index is 0.135. The van der Waals surface area contributed by atoms with Crippen LogP contribution in [0.25, 0.3) is 16.6 Å². The molecule has 0 spiro atoms. The molecule has 2 heterocycles. The smallest absolute Gasteiger partial charge is 0.266 e. The lowest BCUT2D eigenvalue weighted by molar-refractivity contribution is 0.129. The number of nitrogens with zero attached hydrogens (tertiary/aromatic N) is 2. The number of hydrogen-bond acceptors (Lipinski definition) is 4. The van der Waals surface area contributed by atoms with Crippen LogP contribution in [0.2, 0.25) is 10.0 Å². The molecule has 0 aliphatic carbocycles. The number of benzene rings is 2. The summed E-state index contributed by atoms with van der Waals surface area (Å²) in [4.78, 5) is 17.9. The Bertz CT molecular complexity index is 1020. The minimum atomic E-state index is -0.135. The van der Waals surface area contributed by atoms with Gasteiger partial charge in [0.25, 0.3) is 5.56 Å². The van der Waals surface area contributed by atoms with Crippen molar-refractivity contribution in [3.63, 3.8) is 0 Å². The van der Waals surface area contributed by atoms with E-state index in [4.69, 9.17) is 32.9 Å². The summed E-state index contributed by atoms with van der Waals surface area (Å²) in [7, 11) is 0. The topological polar surface area (TPSA) is 44.1 Å². The average Bonchev–Trinajstić information content (AvgIpc) is 3.13. The Kier molecular flexibility index (Phi) is 5.23. The predicted molar refractivity (Wildman–Crippen MR) is 107 cm³/mol. The zero-order chi connectivity index (χ0) is 18.1. The van der Waals surface area contributed by atoms with Crippen molar-refractivity contribution in [1.82, 2.24) is 9.55 Å². The Morgan fingerprint density at radius 3 is 2.81 bits per heavy atom. The normalized spacial score (nSPS) is 17.1. The SMILES string of the molecule is O=c1c2ccc(Cl)cc2nc(SC[C@H]2CCCO2)n1-c1cccc(Cl)c1. The van der Waals surface area contributed by atoms with Crippen LogP contribution in [0.15, 0.2) is 52.4 Å². The maximum atomic E-state index is 13.2. The molecule has 1 aromatic heterocycles. The summed E-state index contributed by atoms with van der Waals surface area (Å²) in [5.41, 5.74) is 1.15. The van der Waals surface area contributed by atoms with Crippen molar-refractivity contribution in [2.24, 2.45) is 0 Å². The van der Waals surface area contributed by atoms with Gasteiger partial charge in [-0.1, -0.05) is 41.0 Å². The average molecular weight is 407 g/mol. The molecule has 134 valence electrons. The lowest BCUT2D eigenvalue weighted by atomic mass is 10.2. The molecule has 1 fully saturated rings. The number of rotatable bonds is 4. The van der Waals surface area contributed by atoms with E-state index in [1.54, 1.807) is 34.9 Å². The zero-order valence-corrected chi connectivity index (χ0v) is 16.2. The summed E-state index contributed by atoms with van der Waals surface area (Å²) in [5, 5.41) is 2.26. The number of aromatic nitrogens is 2. The largest absolute Gasteiger partial charge is 0.377 e. The molecular weight excluding hydrogens is 391 g/mol. The molecule has 1 atom stereocenters. The van der Waals surface area contributed by atoms with Crippen LogP contribution in [0.4, 0.5) is 0 Å². The first-order chi connectivity index (χ1) is 12.6. The molecule has 4 rings (SSSR count). The quantitative estimate of drug-likeness (QED) is 0.453. The standard InChI is InChI=1S/C19H16Cl2N2O2S/c20-12-3-1-4-14(9-12)23-18(24)16-7-6-13(21)10-17(16)22-19(23)26-11-15-5-2-8-25-15/h1,3-4,6-7,9-10,15H,2,5,8,11H2/t15-/m1/s1. The molecule has 4 nitrogen and oxygen atoms in total.